The standard InChI is InChI=1S/C31H34N4O4/c1-30(2)28(34-27(38)20-6-8-21(9-7-20)35-16-14-19(18-36)15-17-35)31(3,4)29(30)39-24-12-11-23(32-5)26-22(24)10-13-25(37)33-26/h6-13,18-19,28-29H,14-17H2,1-4H3,(H,33,37)(H,34,38). The van der Waals surface area contributed by atoms with Gasteiger partial charge < -0.3 is 24.7 Å². The minimum Gasteiger partial charge on any atom is -0.489 e. The van der Waals surface area contributed by atoms with Crippen molar-refractivity contribution < 1.29 is 14.3 Å². The molecular formula is C31H34N4O4. The van der Waals surface area contributed by atoms with Crippen molar-refractivity contribution in [2.24, 2.45) is 16.7 Å². The van der Waals surface area contributed by atoms with E-state index in [0.717, 1.165) is 37.9 Å². The van der Waals surface area contributed by atoms with Crippen molar-refractivity contribution >= 4 is 34.5 Å². The minimum absolute atomic E-state index is 0.129. The van der Waals surface area contributed by atoms with Crippen LogP contribution in [0.5, 0.6) is 5.75 Å². The highest BCUT2D eigenvalue weighted by Crippen LogP contribution is 2.56. The van der Waals surface area contributed by atoms with Crippen LogP contribution in [0.25, 0.3) is 15.7 Å². The number of rotatable bonds is 6. The number of carbonyl (C=O) groups is 2. The maximum absolute atomic E-state index is 13.3. The highest BCUT2D eigenvalue weighted by molar-refractivity contribution is 5.96. The van der Waals surface area contributed by atoms with Gasteiger partial charge in [-0.15, -0.1) is 0 Å². The summed E-state index contributed by atoms with van der Waals surface area (Å²) in [6.45, 7) is 17.4. The van der Waals surface area contributed by atoms with Crippen LogP contribution in [0, 0.1) is 23.3 Å². The Kier molecular flexibility index (Phi) is 6.71. The number of ether oxygens (including phenoxy) is 1. The van der Waals surface area contributed by atoms with E-state index in [9.17, 15) is 14.4 Å². The summed E-state index contributed by atoms with van der Waals surface area (Å²) in [4.78, 5) is 44.7. The molecule has 2 fully saturated rings. The monoisotopic (exact) mass is 526 g/mol. The quantitative estimate of drug-likeness (QED) is 0.344. The molecule has 1 amide bonds. The third-order valence-corrected chi connectivity index (χ3v) is 8.54. The van der Waals surface area contributed by atoms with Crippen LogP contribution in [0.1, 0.15) is 50.9 Å². The maximum atomic E-state index is 13.3. The maximum Gasteiger partial charge on any atom is 0.251 e. The summed E-state index contributed by atoms with van der Waals surface area (Å²) in [6.07, 6.45) is 2.55. The van der Waals surface area contributed by atoms with Crippen molar-refractivity contribution in [3.05, 3.63) is 75.9 Å². The molecule has 5 rings (SSSR count). The van der Waals surface area contributed by atoms with Gasteiger partial charge in [0.05, 0.1) is 12.1 Å². The lowest BCUT2D eigenvalue weighted by Gasteiger charge is -2.63. The molecule has 0 spiro atoms. The van der Waals surface area contributed by atoms with Crippen LogP contribution in [0.2, 0.25) is 0 Å². The number of nitrogens with zero attached hydrogens (tertiary/aromatic N) is 2. The Morgan fingerprint density at radius 2 is 1.72 bits per heavy atom. The number of aromatic amines is 1. The second kappa shape index (κ2) is 9.88. The zero-order valence-electron chi connectivity index (χ0n) is 22.8. The number of aromatic nitrogens is 1. The van der Waals surface area contributed by atoms with Crippen molar-refractivity contribution in [2.75, 3.05) is 18.0 Å². The summed E-state index contributed by atoms with van der Waals surface area (Å²) in [5.74, 6) is 0.613. The van der Waals surface area contributed by atoms with Crippen molar-refractivity contribution in [3.8, 4) is 5.75 Å². The average molecular weight is 527 g/mol. The average Bonchev–Trinajstić information content (AvgIpc) is 2.94. The topological polar surface area (TPSA) is 95.9 Å². The Bertz CT molecular complexity index is 1490. The number of hydrogen-bond donors (Lipinski definition) is 2. The molecule has 0 unspecified atom stereocenters. The number of fused-ring (bicyclic) bond motifs is 1. The predicted molar refractivity (Wildman–Crippen MR) is 152 cm³/mol. The first-order valence-electron chi connectivity index (χ1n) is 13.4. The molecule has 1 aromatic heterocycles. The number of anilines is 1. The molecule has 1 saturated heterocycles. The number of hydrogen-bond acceptors (Lipinski definition) is 5. The van der Waals surface area contributed by atoms with Crippen LogP contribution in [0.4, 0.5) is 11.4 Å². The molecule has 1 aliphatic carbocycles. The SMILES string of the molecule is [C-]#[N+]c1ccc(OC2C(C)(C)C(NC(=O)c3ccc(N4CCC(C=O)CC4)cc3)C2(C)C)c2ccc(=O)[nH]c12. The van der Waals surface area contributed by atoms with Gasteiger partial charge in [-0.2, -0.15) is 0 Å². The molecule has 8 nitrogen and oxygen atoms in total. The number of amides is 1. The van der Waals surface area contributed by atoms with Crippen molar-refractivity contribution in [2.45, 2.75) is 52.7 Å². The Labute approximate surface area is 228 Å². The third kappa shape index (κ3) is 4.67. The van der Waals surface area contributed by atoms with Gasteiger partial charge in [0, 0.05) is 58.6 Å². The number of pyridine rings is 1. The van der Waals surface area contributed by atoms with Gasteiger partial charge in [-0.1, -0.05) is 33.8 Å². The molecule has 2 aliphatic rings. The molecule has 1 saturated carbocycles. The molecule has 3 aromatic rings. The zero-order chi connectivity index (χ0) is 27.9. The smallest absolute Gasteiger partial charge is 0.251 e. The van der Waals surface area contributed by atoms with Crippen LogP contribution in [-0.4, -0.2) is 42.4 Å². The number of piperidine rings is 1. The van der Waals surface area contributed by atoms with E-state index in [1.165, 1.54) is 6.07 Å². The number of carbonyl (C=O) groups excluding carboxylic acids is 2. The lowest BCUT2D eigenvalue weighted by molar-refractivity contribution is -0.163. The lowest BCUT2D eigenvalue weighted by Crippen LogP contribution is -2.74. The number of benzene rings is 2. The Morgan fingerprint density at radius 3 is 2.33 bits per heavy atom. The predicted octanol–water partition coefficient (Wildman–Crippen LogP) is 5.11. The highest BCUT2D eigenvalue weighted by Gasteiger charge is 2.64. The summed E-state index contributed by atoms with van der Waals surface area (Å²) in [6, 6.07) is 14.1. The van der Waals surface area contributed by atoms with E-state index in [-0.39, 0.29) is 40.4 Å². The van der Waals surface area contributed by atoms with Crippen LogP contribution in [0.3, 0.4) is 0 Å². The first kappa shape index (κ1) is 26.5. The number of H-pyrrole nitrogens is 1. The number of aldehydes is 1. The van der Waals surface area contributed by atoms with E-state index >= 15 is 0 Å². The zero-order valence-corrected chi connectivity index (χ0v) is 22.8. The van der Waals surface area contributed by atoms with E-state index in [2.05, 4.69) is 47.7 Å². The Morgan fingerprint density at radius 1 is 1.05 bits per heavy atom. The summed E-state index contributed by atoms with van der Waals surface area (Å²) in [5, 5.41) is 3.92. The largest absolute Gasteiger partial charge is 0.489 e. The van der Waals surface area contributed by atoms with Crippen LogP contribution in [-0.2, 0) is 4.79 Å². The molecule has 0 bridgehead atoms. The fraction of sp³-hybridized carbons (Fsp3) is 0.419. The van der Waals surface area contributed by atoms with Gasteiger partial charge >= 0.3 is 0 Å². The molecule has 2 N–H and O–H groups in total. The molecule has 2 heterocycles. The van der Waals surface area contributed by atoms with Gasteiger partial charge in [-0.3, -0.25) is 9.59 Å². The fourth-order valence-corrected chi connectivity index (χ4v) is 6.66. The van der Waals surface area contributed by atoms with E-state index in [1.807, 2.05) is 24.3 Å². The van der Waals surface area contributed by atoms with Crippen LogP contribution in [0.15, 0.2) is 53.3 Å². The number of nitrogens with one attached hydrogen (secondary N) is 2. The molecule has 1 aliphatic heterocycles. The molecule has 0 radical (unpaired) electrons. The molecular weight excluding hydrogens is 492 g/mol. The normalized spacial score (nSPS) is 22.0. The van der Waals surface area contributed by atoms with Gasteiger partial charge in [0.2, 0.25) is 11.2 Å². The fourth-order valence-electron chi connectivity index (χ4n) is 6.66. The first-order chi connectivity index (χ1) is 18.6. The van der Waals surface area contributed by atoms with Crippen LogP contribution < -0.4 is 20.5 Å². The second-order valence-corrected chi connectivity index (χ2v) is 11.9. The van der Waals surface area contributed by atoms with Crippen LogP contribution >= 0.6 is 0 Å². The molecule has 202 valence electrons. The minimum atomic E-state index is -0.380. The van der Waals surface area contributed by atoms with Crippen molar-refractivity contribution in [1.29, 1.82) is 0 Å². The third-order valence-electron chi connectivity index (χ3n) is 8.54. The van der Waals surface area contributed by atoms with Gasteiger partial charge in [-0.25, -0.2) is 4.85 Å². The molecule has 2 aromatic carbocycles. The van der Waals surface area contributed by atoms with Gasteiger partial charge in [0.1, 0.15) is 18.1 Å². The van der Waals surface area contributed by atoms with E-state index in [1.54, 1.807) is 18.2 Å². The Balaban J connectivity index is 1.30. The van der Waals surface area contributed by atoms with Gasteiger partial charge in [-0.05, 0) is 49.2 Å². The Hall–Kier alpha value is -4.12. The van der Waals surface area contributed by atoms with E-state index < -0.39 is 0 Å². The van der Waals surface area contributed by atoms with E-state index in [4.69, 9.17) is 11.3 Å². The van der Waals surface area contributed by atoms with E-state index in [0.29, 0.717) is 27.9 Å². The lowest BCUT2D eigenvalue weighted by atomic mass is 9.49. The molecule has 39 heavy (non-hydrogen) atoms. The summed E-state index contributed by atoms with van der Waals surface area (Å²) < 4.78 is 6.55. The summed E-state index contributed by atoms with van der Waals surface area (Å²) in [7, 11) is 0. The molecule has 0 atom stereocenters. The first-order valence-corrected chi connectivity index (χ1v) is 13.4. The summed E-state index contributed by atoms with van der Waals surface area (Å²) >= 11 is 0. The second-order valence-electron chi connectivity index (χ2n) is 11.9. The summed E-state index contributed by atoms with van der Waals surface area (Å²) in [5.41, 5.74) is 1.46. The van der Waals surface area contributed by atoms with Crippen molar-refractivity contribution in [3.63, 3.8) is 0 Å². The molecule has 8 heteroatoms. The van der Waals surface area contributed by atoms with Gasteiger partial charge in [0.25, 0.3) is 5.91 Å². The van der Waals surface area contributed by atoms with Gasteiger partial charge in [0.15, 0.2) is 0 Å². The van der Waals surface area contributed by atoms with Crippen molar-refractivity contribution in [1.82, 2.24) is 10.3 Å². The highest BCUT2D eigenvalue weighted by atomic mass is 16.5.